The third-order valence-electron chi connectivity index (χ3n) is 4.82. The number of benzene rings is 2. The largest absolute Gasteiger partial charge is 0.473 e. The third kappa shape index (κ3) is 2.49. The molecule has 1 amide bonds. The first-order chi connectivity index (χ1) is 13.5. The van der Waals surface area contributed by atoms with Crippen molar-refractivity contribution in [3.63, 3.8) is 0 Å². The molecule has 0 aliphatic carbocycles. The van der Waals surface area contributed by atoms with E-state index >= 15 is 0 Å². The highest BCUT2D eigenvalue weighted by Crippen LogP contribution is 2.65. The van der Waals surface area contributed by atoms with Gasteiger partial charge in [-0.2, -0.15) is 0 Å². The van der Waals surface area contributed by atoms with Gasteiger partial charge in [-0.05, 0) is 35.7 Å². The number of hydrogen-bond donors (Lipinski definition) is 4. The second-order valence-corrected chi connectivity index (χ2v) is 10.3. The van der Waals surface area contributed by atoms with E-state index in [9.17, 15) is 34.1 Å². The molecule has 2 aromatic carbocycles. The molecule has 0 spiro atoms. The molecule has 2 aliphatic heterocycles. The molecule has 4 rings (SSSR count). The minimum absolute atomic E-state index is 0.00984. The van der Waals surface area contributed by atoms with E-state index in [-0.39, 0.29) is 36.6 Å². The van der Waals surface area contributed by atoms with Crippen molar-refractivity contribution in [2.45, 2.75) is 10.6 Å². The van der Waals surface area contributed by atoms with E-state index in [1.165, 1.54) is 18.2 Å². The summed E-state index contributed by atoms with van der Waals surface area (Å²) in [5, 5.41) is 30.8. The first kappa shape index (κ1) is 19.9. The lowest BCUT2D eigenvalue weighted by Gasteiger charge is -2.28. The Bertz CT molecular complexity index is 1170. The van der Waals surface area contributed by atoms with Gasteiger partial charge in [0.15, 0.2) is 5.72 Å². The molecule has 29 heavy (non-hydrogen) atoms. The molecule has 0 saturated carbocycles. The molecule has 1 atom stereocenters. The summed E-state index contributed by atoms with van der Waals surface area (Å²) in [6.07, 6.45) is 1.25. The van der Waals surface area contributed by atoms with Crippen molar-refractivity contribution in [3.05, 3.63) is 67.2 Å². The highest BCUT2D eigenvalue weighted by Gasteiger charge is 2.52. The summed E-state index contributed by atoms with van der Waals surface area (Å²) < 4.78 is 13.9. The van der Waals surface area contributed by atoms with Crippen molar-refractivity contribution < 1.29 is 34.1 Å². The lowest BCUT2D eigenvalue weighted by molar-refractivity contribution is 0.0470. The predicted octanol–water partition coefficient (Wildman–Crippen LogP) is 4.68. The summed E-state index contributed by atoms with van der Waals surface area (Å²) in [5.41, 5.74) is -2.37. The normalized spacial score (nSPS) is 22.0. The molecule has 0 radical (unpaired) electrons. The monoisotopic (exact) mass is 501 g/mol. The summed E-state index contributed by atoms with van der Waals surface area (Å²) in [4.78, 5) is 36.4. The minimum Gasteiger partial charge on any atom is -0.473 e. The van der Waals surface area contributed by atoms with Crippen LogP contribution in [0.2, 0.25) is 5.02 Å². The number of carbonyl (C=O) groups is 3. The molecule has 2 heterocycles. The molecule has 0 bridgehead atoms. The number of fused-ring (bicyclic) bond motifs is 3. The number of halogens is 3. The van der Waals surface area contributed by atoms with Gasteiger partial charge < -0.3 is 20.6 Å². The maximum Gasteiger partial charge on any atom is 0.364 e. The van der Waals surface area contributed by atoms with Gasteiger partial charge >= 0.3 is 10.6 Å². The number of carboxylic acid groups (broad SMARTS) is 2. The van der Waals surface area contributed by atoms with Gasteiger partial charge in [0.1, 0.15) is 5.82 Å². The summed E-state index contributed by atoms with van der Waals surface area (Å²) in [6.45, 7) is 0. The zero-order valence-corrected chi connectivity index (χ0v) is 17.2. The zero-order chi connectivity index (χ0) is 21.3. The highest BCUT2D eigenvalue weighted by molar-refractivity contribution is 9.10. The van der Waals surface area contributed by atoms with E-state index in [2.05, 4.69) is 21.2 Å². The van der Waals surface area contributed by atoms with Gasteiger partial charge in [-0.3, -0.25) is 4.79 Å². The van der Waals surface area contributed by atoms with Crippen molar-refractivity contribution >= 4 is 60.1 Å². The van der Waals surface area contributed by atoms with Crippen LogP contribution in [0.15, 0.2) is 39.0 Å². The highest BCUT2D eigenvalue weighted by atomic mass is 79.9. The number of amides is 1. The van der Waals surface area contributed by atoms with E-state index in [1.807, 2.05) is 0 Å². The van der Waals surface area contributed by atoms with Gasteiger partial charge in [0.25, 0.3) is 5.91 Å². The Labute approximate surface area is 177 Å². The Hall–Kier alpha value is -2.40. The van der Waals surface area contributed by atoms with Gasteiger partial charge in [0.05, 0.1) is 5.56 Å². The molecule has 0 saturated heterocycles. The SMILES string of the molecule is O=C1NC(O)(c2cc(F)ccc2Cl)c2c(Br)cc3c(c21)C=CS3(C(=O)O)C(=O)O. The van der Waals surface area contributed by atoms with Crippen LogP contribution >= 0.6 is 37.6 Å². The second-order valence-electron chi connectivity index (χ2n) is 6.30. The molecule has 4 N–H and O–H groups in total. The molecule has 2 aliphatic rings. The summed E-state index contributed by atoms with van der Waals surface area (Å²) in [7, 11) is -3.46. The van der Waals surface area contributed by atoms with Crippen LogP contribution in [-0.4, -0.2) is 31.8 Å². The lowest BCUT2D eigenvalue weighted by atomic mass is 9.92. The van der Waals surface area contributed by atoms with Gasteiger partial charge in [-0.1, -0.05) is 27.5 Å². The van der Waals surface area contributed by atoms with E-state index in [1.54, 1.807) is 0 Å². The van der Waals surface area contributed by atoms with E-state index in [0.717, 1.165) is 17.5 Å². The molecular weight excluding hydrogens is 493 g/mol. The van der Waals surface area contributed by atoms with E-state index in [0.29, 0.717) is 0 Å². The quantitative estimate of drug-likeness (QED) is 0.449. The van der Waals surface area contributed by atoms with Crippen LogP contribution in [0.5, 0.6) is 0 Å². The fourth-order valence-electron chi connectivity index (χ4n) is 3.55. The number of aliphatic hydroxyl groups is 1. The molecule has 0 aromatic heterocycles. The molecular formula is C18H10BrClFNO6S. The Morgan fingerprint density at radius 3 is 2.48 bits per heavy atom. The minimum atomic E-state index is -3.46. The standard InChI is InChI=1S/C18H10BrClFNO6S/c19-10-6-12-8(3-4-29(12,16(24)25)17(26)27)13-14(10)18(28,22-15(13)23)9-5-7(21)1-2-11(9)20/h1-6,28H,(H,22,23)(H,24,25)(H,26,27). The van der Waals surface area contributed by atoms with Crippen molar-refractivity contribution in [1.29, 1.82) is 0 Å². The smallest absolute Gasteiger partial charge is 0.364 e. The van der Waals surface area contributed by atoms with Crippen molar-refractivity contribution in [1.82, 2.24) is 5.32 Å². The van der Waals surface area contributed by atoms with Gasteiger partial charge in [-0.15, -0.1) is 0 Å². The van der Waals surface area contributed by atoms with Crippen LogP contribution in [0, 0.1) is 5.82 Å². The molecule has 0 fully saturated rings. The van der Waals surface area contributed by atoms with E-state index in [4.69, 9.17) is 11.6 Å². The Kier molecular flexibility index (Phi) is 4.32. The third-order valence-corrected chi connectivity index (χ3v) is 8.45. The molecule has 2 aromatic rings. The van der Waals surface area contributed by atoms with Crippen LogP contribution in [-0.2, 0) is 5.72 Å². The molecule has 1 unspecified atom stereocenters. The van der Waals surface area contributed by atoms with Gasteiger partial charge in [0, 0.05) is 41.1 Å². The van der Waals surface area contributed by atoms with Crippen molar-refractivity contribution in [3.8, 4) is 0 Å². The van der Waals surface area contributed by atoms with Crippen molar-refractivity contribution in [2.24, 2.45) is 0 Å². The van der Waals surface area contributed by atoms with Crippen LogP contribution in [0.4, 0.5) is 14.0 Å². The van der Waals surface area contributed by atoms with Crippen LogP contribution in [0.3, 0.4) is 0 Å². The molecule has 7 nitrogen and oxygen atoms in total. The predicted molar refractivity (Wildman–Crippen MR) is 107 cm³/mol. The summed E-state index contributed by atoms with van der Waals surface area (Å²) in [6, 6.07) is 4.53. The van der Waals surface area contributed by atoms with Crippen LogP contribution < -0.4 is 5.32 Å². The fraction of sp³-hybridized carbons (Fsp3) is 0.0556. The number of hydrogen-bond acceptors (Lipinski definition) is 4. The van der Waals surface area contributed by atoms with E-state index < -0.39 is 38.1 Å². The Morgan fingerprint density at radius 1 is 1.21 bits per heavy atom. The van der Waals surface area contributed by atoms with Gasteiger partial charge in [0.2, 0.25) is 0 Å². The van der Waals surface area contributed by atoms with Gasteiger partial charge in [-0.25, -0.2) is 14.0 Å². The fourth-order valence-corrected chi connectivity index (χ4v) is 6.74. The van der Waals surface area contributed by atoms with Crippen LogP contribution in [0.1, 0.15) is 27.0 Å². The number of carbonyl (C=O) groups excluding carboxylic acids is 1. The first-order valence-electron chi connectivity index (χ1n) is 7.89. The Morgan fingerprint density at radius 2 is 1.86 bits per heavy atom. The second kappa shape index (κ2) is 6.30. The molecule has 150 valence electrons. The van der Waals surface area contributed by atoms with Crippen molar-refractivity contribution in [2.75, 3.05) is 0 Å². The topological polar surface area (TPSA) is 124 Å². The zero-order valence-electron chi connectivity index (χ0n) is 14.1. The molecule has 11 heteroatoms. The Balaban J connectivity index is 2.05. The maximum absolute atomic E-state index is 13.8. The summed E-state index contributed by atoms with van der Waals surface area (Å²) >= 11 is 9.32. The lowest BCUT2D eigenvalue weighted by Crippen LogP contribution is -2.40. The average Bonchev–Trinajstić information content (AvgIpc) is 3.14. The maximum atomic E-state index is 13.8. The van der Waals surface area contributed by atoms with Crippen LogP contribution in [0.25, 0.3) is 6.08 Å². The average molecular weight is 503 g/mol. The number of nitrogens with one attached hydrogen (secondary N) is 1. The first-order valence-corrected chi connectivity index (χ1v) is 10.8. The summed E-state index contributed by atoms with van der Waals surface area (Å²) in [5.74, 6) is -1.48. The number of rotatable bonds is 1.